The van der Waals surface area contributed by atoms with Crippen LogP contribution in [0.5, 0.6) is 0 Å². The second kappa shape index (κ2) is 5.98. The van der Waals surface area contributed by atoms with E-state index in [0.29, 0.717) is 6.54 Å². The van der Waals surface area contributed by atoms with Crippen molar-refractivity contribution in [3.8, 4) is 0 Å². The summed E-state index contributed by atoms with van der Waals surface area (Å²) in [6.07, 6.45) is 3.20. The van der Waals surface area contributed by atoms with Crippen LogP contribution < -0.4 is 5.73 Å². The largest absolute Gasteiger partial charge is 0.399 e. The quantitative estimate of drug-likeness (QED) is 0.471. The van der Waals surface area contributed by atoms with Gasteiger partial charge in [-0.1, -0.05) is 13.3 Å². The van der Waals surface area contributed by atoms with Crippen molar-refractivity contribution in [2.75, 3.05) is 12.3 Å². The van der Waals surface area contributed by atoms with Gasteiger partial charge >= 0.3 is 0 Å². The first-order valence-corrected chi connectivity index (χ1v) is 8.37. The minimum atomic E-state index is -3.90. The molecule has 1 aromatic carbocycles. The van der Waals surface area contributed by atoms with Gasteiger partial charge in [0.15, 0.2) is 4.90 Å². The molecule has 2 N–H and O–H groups in total. The van der Waals surface area contributed by atoms with Crippen molar-refractivity contribution < 1.29 is 13.3 Å². The zero-order chi connectivity index (χ0) is 15.6. The number of anilines is 1. The molecule has 1 aliphatic carbocycles. The van der Waals surface area contributed by atoms with E-state index < -0.39 is 20.6 Å². The molecule has 116 valence electrons. The summed E-state index contributed by atoms with van der Waals surface area (Å²) in [6.45, 7) is 2.36. The summed E-state index contributed by atoms with van der Waals surface area (Å²) in [7, 11) is -3.90. The molecule has 0 saturated heterocycles. The summed E-state index contributed by atoms with van der Waals surface area (Å²) in [4.78, 5) is 10.1. The normalized spacial score (nSPS) is 15.3. The van der Waals surface area contributed by atoms with Gasteiger partial charge in [-0.15, -0.1) is 0 Å². The SMILES string of the molecule is CCCCN(C1CC1)S(=O)(=O)c1cc(N)ccc1[N+](=O)[O-]. The van der Waals surface area contributed by atoms with Gasteiger partial charge in [-0.05, 0) is 31.4 Å². The van der Waals surface area contributed by atoms with Gasteiger partial charge < -0.3 is 5.73 Å². The number of sulfonamides is 1. The summed E-state index contributed by atoms with van der Waals surface area (Å²) in [5.41, 5.74) is 5.39. The molecule has 0 bridgehead atoms. The molecule has 2 rings (SSSR count). The Labute approximate surface area is 123 Å². The maximum Gasteiger partial charge on any atom is 0.289 e. The molecule has 0 unspecified atom stereocenters. The lowest BCUT2D eigenvalue weighted by molar-refractivity contribution is -0.387. The molecular weight excluding hydrogens is 294 g/mol. The maximum absolute atomic E-state index is 12.8. The van der Waals surface area contributed by atoms with E-state index in [0.717, 1.165) is 31.7 Å². The van der Waals surface area contributed by atoms with Crippen LogP contribution in [-0.4, -0.2) is 30.2 Å². The number of rotatable bonds is 7. The van der Waals surface area contributed by atoms with E-state index in [4.69, 9.17) is 5.73 Å². The highest BCUT2D eigenvalue weighted by molar-refractivity contribution is 7.89. The summed E-state index contributed by atoms with van der Waals surface area (Å²) >= 11 is 0. The molecule has 0 spiro atoms. The Balaban J connectivity index is 2.46. The maximum atomic E-state index is 12.8. The number of hydrogen-bond acceptors (Lipinski definition) is 5. The van der Waals surface area contributed by atoms with E-state index in [1.165, 1.54) is 16.4 Å². The monoisotopic (exact) mass is 313 g/mol. The molecule has 1 aromatic rings. The van der Waals surface area contributed by atoms with Crippen molar-refractivity contribution in [2.45, 2.75) is 43.5 Å². The Kier molecular flexibility index (Phi) is 4.48. The predicted octanol–water partition coefficient (Wildman–Crippen LogP) is 2.13. The topological polar surface area (TPSA) is 107 Å². The second-order valence-electron chi connectivity index (χ2n) is 5.18. The van der Waals surface area contributed by atoms with Gasteiger partial charge in [0, 0.05) is 24.3 Å². The molecule has 0 amide bonds. The van der Waals surface area contributed by atoms with E-state index in [-0.39, 0.29) is 16.6 Å². The molecule has 1 fully saturated rings. The minimum absolute atomic E-state index is 0.0393. The highest BCUT2D eigenvalue weighted by atomic mass is 32.2. The van der Waals surface area contributed by atoms with Crippen LogP contribution in [0.3, 0.4) is 0 Å². The number of nitro groups is 1. The fourth-order valence-electron chi connectivity index (χ4n) is 2.19. The Hall–Kier alpha value is -1.67. The number of nitro benzene ring substituents is 1. The Morgan fingerprint density at radius 3 is 2.62 bits per heavy atom. The van der Waals surface area contributed by atoms with Gasteiger partial charge in [0.2, 0.25) is 10.0 Å². The predicted molar refractivity (Wildman–Crippen MR) is 79.3 cm³/mol. The van der Waals surface area contributed by atoms with Gasteiger partial charge in [0.05, 0.1) is 4.92 Å². The molecule has 0 aliphatic heterocycles. The van der Waals surface area contributed by atoms with Crippen LogP contribution in [0.1, 0.15) is 32.6 Å². The molecule has 0 heterocycles. The second-order valence-corrected chi connectivity index (χ2v) is 7.04. The number of benzene rings is 1. The van der Waals surface area contributed by atoms with Crippen LogP contribution in [0.25, 0.3) is 0 Å². The lowest BCUT2D eigenvalue weighted by atomic mass is 10.3. The van der Waals surface area contributed by atoms with E-state index in [2.05, 4.69) is 0 Å². The van der Waals surface area contributed by atoms with Gasteiger partial charge in [0.25, 0.3) is 5.69 Å². The van der Waals surface area contributed by atoms with Crippen LogP contribution in [-0.2, 0) is 10.0 Å². The lowest BCUT2D eigenvalue weighted by Gasteiger charge is -2.21. The Bertz CT molecular complexity index is 641. The average Bonchev–Trinajstić information content (AvgIpc) is 3.23. The van der Waals surface area contributed by atoms with Crippen molar-refractivity contribution in [3.63, 3.8) is 0 Å². The van der Waals surface area contributed by atoms with Crippen LogP contribution in [0.4, 0.5) is 11.4 Å². The van der Waals surface area contributed by atoms with E-state index in [9.17, 15) is 18.5 Å². The van der Waals surface area contributed by atoms with Crippen LogP contribution in [0.15, 0.2) is 23.1 Å². The summed E-state index contributed by atoms with van der Waals surface area (Å²) in [5, 5.41) is 11.1. The highest BCUT2D eigenvalue weighted by Gasteiger charge is 2.40. The lowest BCUT2D eigenvalue weighted by Crippen LogP contribution is -2.34. The number of nitrogens with zero attached hydrogens (tertiary/aromatic N) is 2. The smallest absolute Gasteiger partial charge is 0.289 e. The minimum Gasteiger partial charge on any atom is -0.399 e. The molecule has 21 heavy (non-hydrogen) atoms. The fraction of sp³-hybridized carbons (Fsp3) is 0.538. The van der Waals surface area contributed by atoms with Crippen LogP contribution in [0.2, 0.25) is 0 Å². The first-order chi connectivity index (χ1) is 9.87. The van der Waals surface area contributed by atoms with Crippen LogP contribution >= 0.6 is 0 Å². The summed E-state index contributed by atoms with van der Waals surface area (Å²) in [5.74, 6) is 0. The van der Waals surface area contributed by atoms with E-state index in [1.54, 1.807) is 0 Å². The van der Waals surface area contributed by atoms with Gasteiger partial charge in [-0.3, -0.25) is 10.1 Å². The zero-order valence-electron chi connectivity index (χ0n) is 11.9. The van der Waals surface area contributed by atoms with E-state index >= 15 is 0 Å². The molecular formula is C13H19N3O4S. The van der Waals surface area contributed by atoms with E-state index in [1.807, 2.05) is 6.92 Å². The Morgan fingerprint density at radius 1 is 1.43 bits per heavy atom. The molecule has 7 nitrogen and oxygen atoms in total. The van der Waals surface area contributed by atoms with Gasteiger partial charge in [-0.2, -0.15) is 4.31 Å². The zero-order valence-corrected chi connectivity index (χ0v) is 12.7. The number of nitrogens with two attached hydrogens (primary N) is 1. The third-order valence-electron chi connectivity index (χ3n) is 3.45. The third-order valence-corrected chi connectivity index (χ3v) is 5.43. The molecule has 0 aromatic heterocycles. The van der Waals surface area contributed by atoms with Gasteiger partial charge in [-0.25, -0.2) is 8.42 Å². The van der Waals surface area contributed by atoms with Crippen molar-refractivity contribution in [3.05, 3.63) is 28.3 Å². The average molecular weight is 313 g/mol. The van der Waals surface area contributed by atoms with Crippen LogP contribution in [0, 0.1) is 10.1 Å². The standard InChI is InChI=1S/C13H19N3O4S/c1-2-3-8-15(11-5-6-11)21(19,20)13-9-10(14)4-7-12(13)16(17)18/h4,7,9,11H,2-3,5-6,8,14H2,1H3. The molecule has 8 heteroatoms. The number of unbranched alkanes of at least 4 members (excludes halogenated alkanes) is 1. The first-order valence-electron chi connectivity index (χ1n) is 6.93. The van der Waals surface area contributed by atoms with Crippen molar-refractivity contribution in [1.82, 2.24) is 4.31 Å². The number of nitrogen functional groups attached to an aromatic ring is 1. The summed E-state index contributed by atoms with van der Waals surface area (Å²) < 4.78 is 26.9. The first kappa shape index (κ1) is 15.7. The molecule has 0 radical (unpaired) electrons. The molecule has 1 saturated carbocycles. The molecule has 0 atom stereocenters. The fourth-order valence-corrected chi connectivity index (χ4v) is 4.11. The molecule has 1 aliphatic rings. The van der Waals surface area contributed by atoms with Crippen molar-refractivity contribution >= 4 is 21.4 Å². The van der Waals surface area contributed by atoms with Crippen molar-refractivity contribution in [1.29, 1.82) is 0 Å². The highest BCUT2D eigenvalue weighted by Crippen LogP contribution is 2.35. The van der Waals surface area contributed by atoms with Gasteiger partial charge in [0.1, 0.15) is 0 Å². The summed E-state index contributed by atoms with van der Waals surface area (Å²) in [6, 6.07) is 3.62. The number of hydrogen-bond donors (Lipinski definition) is 1. The van der Waals surface area contributed by atoms with Crippen molar-refractivity contribution in [2.24, 2.45) is 0 Å². The Morgan fingerprint density at radius 2 is 2.10 bits per heavy atom. The third kappa shape index (κ3) is 3.33.